The van der Waals surface area contributed by atoms with Crippen molar-refractivity contribution in [3.8, 4) is 6.07 Å². The topological polar surface area (TPSA) is 64.5 Å². The molecule has 0 radical (unpaired) electrons. The molecule has 2 N–H and O–H groups in total. The molecule has 0 atom stereocenters. The van der Waals surface area contributed by atoms with Gasteiger partial charge in [0, 0.05) is 24.9 Å². The average Bonchev–Trinajstić information content (AvgIpc) is 2.84. The van der Waals surface area contributed by atoms with E-state index in [9.17, 15) is 0 Å². The van der Waals surface area contributed by atoms with Gasteiger partial charge >= 0.3 is 0 Å². The molecule has 1 aromatic carbocycles. The second-order valence-corrected chi connectivity index (χ2v) is 3.97. The molecule has 2 rings (SSSR count). The molecule has 0 amide bonds. The Kier molecular flexibility index (Phi) is 3.63. The number of aromatic amines is 1. The van der Waals surface area contributed by atoms with Crippen molar-refractivity contribution in [3.63, 3.8) is 0 Å². The van der Waals surface area contributed by atoms with Gasteiger partial charge < -0.3 is 10.3 Å². The monoisotopic (exact) mass is 246 g/mol. The third-order valence-electron chi connectivity index (χ3n) is 2.36. The van der Waals surface area contributed by atoms with Gasteiger partial charge in [0.25, 0.3) is 0 Å². The number of hydrogen-bond acceptors (Lipinski definition) is 3. The first-order valence-electron chi connectivity index (χ1n) is 5.20. The van der Waals surface area contributed by atoms with Crippen LogP contribution in [0.2, 0.25) is 5.02 Å². The molecular formula is C12H11ClN4. The summed E-state index contributed by atoms with van der Waals surface area (Å²) in [4.78, 5) is 6.97. The van der Waals surface area contributed by atoms with Crippen molar-refractivity contribution in [2.24, 2.45) is 0 Å². The summed E-state index contributed by atoms with van der Waals surface area (Å²) >= 11 is 6.04. The van der Waals surface area contributed by atoms with Crippen molar-refractivity contribution in [1.82, 2.24) is 9.97 Å². The van der Waals surface area contributed by atoms with Gasteiger partial charge in [-0.25, -0.2) is 4.98 Å². The van der Waals surface area contributed by atoms with Gasteiger partial charge in [-0.2, -0.15) is 5.26 Å². The Labute approximate surface area is 104 Å². The van der Waals surface area contributed by atoms with Crippen LogP contribution in [0.4, 0.5) is 5.69 Å². The predicted octanol–water partition coefficient (Wildman–Crippen LogP) is 2.59. The maximum atomic E-state index is 8.71. The van der Waals surface area contributed by atoms with E-state index in [-0.39, 0.29) is 0 Å². The van der Waals surface area contributed by atoms with E-state index < -0.39 is 0 Å². The minimum absolute atomic E-state index is 0.564. The fraction of sp³-hybridized carbons (Fsp3) is 0.167. The quantitative estimate of drug-likeness (QED) is 0.872. The van der Waals surface area contributed by atoms with E-state index in [1.165, 1.54) is 0 Å². The fourth-order valence-corrected chi connectivity index (χ4v) is 1.73. The van der Waals surface area contributed by atoms with E-state index in [4.69, 9.17) is 16.9 Å². The molecule has 0 spiro atoms. The Morgan fingerprint density at radius 3 is 3.00 bits per heavy atom. The molecule has 1 aromatic heterocycles. The number of aromatic nitrogens is 2. The SMILES string of the molecule is N#Cc1ccc(NCCc2cnc[nH]2)c(Cl)c1. The molecule has 2 aromatic rings. The lowest BCUT2D eigenvalue weighted by Crippen LogP contribution is -2.05. The number of anilines is 1. The van der Waals surface area contributed by atoms with Crippen LogP contribution in [0.1, 0.15) is 11.3 Å². The van der Waals surface area contributed by atoms with Crippen molar-refractivity contribution in [2.45, 2.75) is 6.42 Å². The average molecular weight is 247 g/mol. The highest BCUT2D eigenvalue weighted by Crippen LogP contribution is 2.22. The van der Waals surface area contributed by atoms with Crippen LogP contribution in [0.5, 0.6) is 0 Å². The van der Waals surface area contributed by atoms with Crippen LogP contribution < -0.4 is 5.32 Å². The Morgan fingerprint density at radius 1 is 1.47 bits per heavy atom. The molecule has 0 fully saturated rings. The highest BCUT2D eigenvalue weighted by atomic mass is 35.5. The Bertz CT molecular complexity index is 528. The number of benzene rings is 1. The first-order chi connectivity index (χ1) is 8.29. The molecule has 17 heavy (non-hydrogen) atoms. The standard InChI is InChI=1S/C12H11ClN4/c13-11-5-9(6-14)1-2-12(11)16-4-3-10-7-15-8-17-10/h1-2,5,7-8,16H,3-4H2,(H,15,17). The highest BCUT2D eigenvalue weighted by Gasteiger charge is 2.01. The van der Waals surface area contributed by atoms with Crippen LogP contribution >= 0.6 is 11.6 Å². The first kappa shape index (κ1) is 11.5. The highest BCUT2D eigenvalue weighted by molar-refractivity contribution is 6.33. The normalized spacial score (nSPS) is 9.88. The van der Waals surface area contributed by atoms with Gasteiger partial charge in [0.1, 0.15) is 0 Å². The number of imidazole rings is 1. The summed E-state index contributed by atoms with van der Waals surface area (Å²) in [6, 6.07) is 7.25. The summed E-state index contributed by atoms with van der Waals surface area (Å²) in [6.07, 6.45) is 4.29. The van der Waals surface area contributed by atoms with Gasteiger partial charge in [0.05, 0.1) is 28.7 Å². The number of hydrogen-bond donors (Lipinski definition) is 2. The largest absolute Gasteiger partial charge is 0.383 e. The second-order valence-electron chi connectivity index (χ2n) is 3.56. The van der Waals surface area contributed by atoms with Gasteiger partial charge in [-0.1, -0.05) is 11.6 Å². The van der Waals surface area contributed by atoms with Gasteiger partial charge in [0.2, 0.25) is 0 Å². The van der Waals surface area contributed by atoms with Crippen LogP contribution in [-0.2, 0) is 6.42 Å². The second kappa shape index (κ2) is 5.37. The first-order valence-corrected chi connectivity index (χ1v) is 5.58. The summed E-state index contributed by atoms with van der Waals surface area (Å²) < 4.78 is 0. The minimum Gasteiger partial charge on any atom is -0.383 e. The summed E-state index contributed by atoms with van der Waals surface area (Å²) in [6.45, 7) is 0.758. The van der Waals surface area contributed by atoms with Crippen LogP contribution in [0.25, 0.3) is 0 Å². The van der Waals surface area contributed by atoms with Crippen molar-refractivity contribution < 1.29 is 0 Å². The van der Waals surface area contributed by atoms with Crippen molar-refractivity contribution in [2.75, 3.05) is 11.9 Å². The molecule has 0 aliphatic carbocycles. The zero-order valence-electron chi connectivity index (χ0n) is 9.07. The van der Waals surface area contributed by atoms with Gasteiger partial charge in [-0.3, -0.25) is 0 Å². The molecule has 0 saturated heterocycles. The smallest absolute Gasteiger partial charge is 0.0992 e. The van der Waals surface area contributed by atoms with E-state index in [0.717, 1.165) is 24.3 Å². The van der Waals surface area contributed by atoms with E-state index in [2.05, 4.69) is 15.3 Å². The van der Waals surface area contributed by atoms with E-state index >= 15 is 0 Å². The van der Waals surface area contributed by atoms with Crippen LogP contribution in [0.3, 0.4) is 0 Å². The molecule has 0 saturated carbocycles. The van der Waals surface area contributed by atoms with Gasteiger partial charge in [-0.15, -0.1) is 0 Å². The zero-order valence-corrected chi connectivity index (χ0v) is 9.83. The van der Waals surface area contributed by atoms with Crippen LogP contribution in [0.15, 0.2) is 30.7 Å². The number of rotatable bonds is 4. The lowest BCUT2D eigenvalue weighted by molar-refractivity contribution is 0.977. The zero-order chi connectivity index (χ0) is 12.1. The summed E-state index contributed by atoms with van der Waals surface area (Å²) in [5.74, 6) is 0. The number of H-pyrrole nitrogens is 1. The van der Waals surface area contributed by atoms with Crippen molar-refractivity contribution >= 4 is 17.3 Å². The lowest BCUT2D eigenvalue weighted by atomic mass is 10.2. The Morgan fingerprint density at radius 2 is 2.35 bits per heavy atom. The molecule has 1 heterocycles. The van der Waals surface area contributed by atoms with Crippen LogP contribution in [0, 0.1) is 11.3 Å². The molecule has 0 aliphatic heterocycles. The maximum Gasteiger partial charge on any atom is 0.0992 e. The maximum absolute atomic E-state index is 8.71. The predicted molar refractivity (Wildman–Crippen MR) is 66.9 cm³/mol. The number of nitriles is 1. The van der Waals surface area contributed by atoms with Gasteiger partial charge in [-0.05, 0) is 18.2 Å². The molecule has 0 bridgehead atoms. The number of halogens is 1. The molecular weight excluding hydrogens is 236 g/mol. The third-order valence-corrected chi connectivity index (χ3v) is 2.68. The summed E-state index contributed by atoms with van der Waals surface area (Å²) in [5.41, 5.74) is 2.47. The van der Waals surface area contributed by atoms with Crippen molar-refractivity contribution in [3.05, 3.63) is 47.0 Å². The van der Waals surface area contributed by atoms with Crippen molar-refractivity contribution in [1.29, 1.82) is 5.26 Å². The van der Waals surface area contributed by atoms with E-state index in [1.807, 2.05) is 12.1 Å². The molecule has 0 aliphatic rings. The van der Waals surface area contributed by atoms with E-state index in [0.29, 0.717) is 10.6 Å². The fourth-order valence-electron chi connectivity index (χ4n) is 1.48. The third kappa shape index (κ3) is 2.99. The molecule has 0 unspecified atom stereocenters. The molecule has 5 heteroatoms. The Balaban J connectivity index is 1.93. The summed E-state index contributed by atoms with van der Waals surface area (Å²) in [7, 11) is 0. The number of nitrogens with one attached hydrogen (secondary N) is 2. The van der Waals surface area contributed by atoms with Crippen LogP contribution in [-0.4, -0.2) is 16.5 Å². The minimum atomic E-state index is 0.564. The molecule has 4 nitrogen and oxygen atoms in total. The molecule has 86 valence electrons. The van der Waals surface area contributed by atoms with Gasteiger partial charge in [0.15, 0.2) is 0 Å². The van der Waals surface area contributed by atoms with E-state index in [1.54, 1.807) is 24.7 Å². The Hall–Kier alpha value is -1.99. The lowest BCUT2D eigenvalue weighted by Gasteiger charge is -2.07. The summed E-state index contributed by atoms with van der Waals surface area (Å²) in [5, 5.41) is 12.5. The number of nitrogens with zero attached hydrogens (tertiary/aromatic N) is 2.